The SMILES string of the molecule is C/C(=N\NC(=O)CNc1n[nH]c(=O)[nH]c1=O)c1ccccc1. The molecule has 0 saturated heterocycles. The molecule has 1 heterocycles. The van der Waals surface area contributed by atoms with Crippen LogP contribution < -0.4 is 22.0 Å². The molecule has 0 bridgehead atoms. The van der Waals surface area contributed by atoms with Crippen molar-refractivity contribution in [1.29, 1.82) is 0 Å². The van der Waals surface area contributed by atoms with Crippen LogP contribution in [0.2, 0.25) is 0 Å². The Bertz CT molecular complexity index is 793. The smallest absolute Gasteiger partial charge is 0.342 e. The fourth-order valence-corrected chi connectivity index (χ4v) is 1.56. The van der Waals surface area contributed by atoms with Gasteiger partial charge in [-0.2, -0.15) is 5.10 Å². The summed E-state index contributed by atoms with van der Waals surface area (Å²) in [7, 11) is 0. The van der Waals surface area contributed by atoms with Gasteiger partial charge in [0.05, 0.1) is 12.3 Å². The maximum atomic E-state index is 11.6. The number of H-pyrrole nitrogens is 2. The van der Waals surface area contributed by atoms with Crippen LogP contribution in [0.15, 0.2) is 45.0 Å². The van der Waals surface area contributed by atoms with Gasteiger partial charge in [0.2, 0.25) is 5.82 Å². The second kappa shape index (κ2) is 6.97. The highest BCUT2D eigenvalue weighted by Gasteiger charge is 2.05. The number of carbonyl (C=O) groups is 1. The third-order valence-electron chi connectivity index (χ3n) is 2.67. The lowest BCUT2D eigenvalue weighted by Crippen LogP contribution is -2.32. The first-order chi connectivity index (χ1) is 10.6. The Morgan fingerprint density at radius 2 is 2.00 bits per heavy atom. The predicted molar refractivity (Wildman–Crippen MR) is 80.8 cm³/mol. The molecule has 4 N–H and O–H groups in total. The highest BCUT2D eigenvalue weighted by Crippen LogP contribution is 1.99. The van der Waals surface area contributed by atoms with Crippen molar-refractivity contribution in [2.45, 2.75) is 6.92 Å². The molecule has 22 heavy (non-hydrogen) atoms. The predicted octanol–water partition coefficient (Wildman–Crippen LogP) is -0.589. The van der Waals surface area contributed by atoms with E-state index < -0.39 is 17.2 Å². The quantitative estimate of drug-likeness (QED) is 0.433. The van der Waals surface area contributed by atoms with E-state index in [2.05, 4.69) is 26.0 Å². The Hall–Kier alpha value is -3.23. The number of benzene rings is 1. The van der Waals surface area contributed by atoms with E-state index in [1.165, 1.54) is 0 Å². The van der Waals surface area contributed by atoms with Crippen LogP contribution in [0, 0.1) is 0 Å². The average Bonchev–Trinajstić information content (AvgIpc) is 2.52. The van der Waals surface area contributed by atoms with Gasteiger partial charge in [-0.15, -0.1) is 5.10 Å². The molecule has 9 heteroatoms. The Kier molecular flexibility index (Phi) is 4.81. The van der Waals surface area contributed by atoms with E-state index in [9.17, 15) is 14.4 Å². The summed E-state index contributed by atoms with van der Waals surface area (Å²) in [4.78, 5) is 35.8. The van der Waals surface area contributed by atoms with Crippen molar-refractivity contribution >= 4 is 17.4 Å². The highest BCUT2D eigenvalue weighted by atomic mass is 16.2. The topological polar surface area (TPSA) is 132 Å². The van der Waals surface area contributed by atoms with Gasteiger partial charge in [-0.3, -0.25) is 14.6 Å². The van der Waals surface area contributed by atoms with Crippen LogP contribution in [0.25, 0.3) is 0 Å². The maximum Gasteiger partial charge on any atom is 0.342 e. The van der Waals surface area contributed by atoms with E-state index in [4.69, 9.17) is 0 Å². The zero-order valence-electron chi connectivity index (χ0n) is 11.7. The second-order valence-corrected chi connectivity index (χ2v) is 4.31. The van der Waals surface area contributed by atoms with E-state index in [1.54, 1.807) is 6.92 Å². The van der Waals surface area contributed by atoms with Gasteiger partial charge in [0, 0.05) is 0 Å². The fourth-order valence-electron chi connectivity index (χ4n) is 1.56. The van der Waals surface area contributed by atoms with E-state index >= 15 is 0 Å². The van der Waals surface area contributed by atoms with Gasteiger partial charge in [-0.1, -0.05) is 30.3 Å². The standard InChI is InChI=1S/C13H14N6O3/c1-8(9-5-3-2-4-6-9)16-17-10(20)7-14-11-12(21)15-13(22)19-18-11/h2-6H,7H2,1H3,(H,14,18)(H,17,20)(H2,15,19,21,22)/b16-8+. The number of carbonyl (C=O) groups excluding carboxylic acids is 1. The number of nitrogens with one attached hydrogen (secondary N) is 4. The second-order valence-electron chi connectivity index (χ2n) is 4.31. The average molecular weight is 302 g/mol. The molecule has 2 aromatic rings. The summed E-state index contributed by atoms with van der Waals surface area (Å²) in [6, 6.07) is 9.35. The first-order valence-electron chi connectivity index (χ1n) is 6.37. The summed E-state index contributed by atoms with van der Waals surface area (Å²) < 4.78 is 0. The first kappa shape index (κ1) is 15.2. The molecule has 1 aromatic heterocycles. The Morgan fingerprint density at radius 3 is 2.68 bits per heavy atom. The van der Waals surface area contributed by atoms with E-state index in [0.29, 0.717) is 5.71 Å². The highest BCUT2D eigenvalue weighted by molar-refractivity contribution is 5.99. The summed E-state index contributed by atoms with van der Waals surface area (Å²) in [5, 5.41) is 12.0. The van der Waals surface area contributed by atoms with Crippen molar-refractivity contribution in [2.75, 3.05) is 11.9 Å². The monoisotopic (exact) mass is 302 g/mol. The van der Waals surface area contributed by atoms with Gasteiger partial charge >= 0.3 is 5.69 Å². The van der Waals surface area contributed by atoms with Gasteiger partial charge in [0.25, 0.3) is 11.5 Å². The van der Waals surface area contributed by atoms with E-state index in [0.717, 1.165) is 5.56 Å². The first-order valence-corrected chi connectivity index (χ1v) is 6.37. The van der Waals surface area contributed by atoms with Crippen molar-refractivity contribution < 1.29 is 4.79 Å². The Balaban J connectivity index is 1.91. The molecule has 0 unspecified atom stereocenters. The van der Waals surface area contributed by atoms with E-state index in [-0.39, 0.29) is 12.4 Å². The van der Waals surface area contributed by atoms with Gasteiger partial charge in [0.1, 0.15) is 0 Å². The molecule has 0 radical (unpaired) electrons. The molecule has 0 aliphatic rings. The number of hydrogen-bond acceptors (Lipinski definition) is 6. The molecule has 114 valence electrons. The van der Waals surface area contributed by atoms with Crippen LogP contribution in [-0.2, 0) is 4.79 Å². The number of aromatic amines is 2. The van der Waals surface area contributed by atoms with Crippen LogP contribution in [0.1, 0.15) is 12.5 Å². The minimum absolute atomic E-state index is 0.154. The van der Waals surface area contributed by atoms with Crippen molar-refractivity contribution in [3.63, 3.8) is 0 Å². The van der Waals surface area contributed by atoms with Crippen molar-refractivity contribution in [1.82, 2.24) is 20.6 Å². The van der Waals surface area contributed by atoms with Crippen molar-refractivity contribution in [2.24, 2.45) is 5.10 Å². The summed E-state index contributed by atoms with van der Waals surface area (Å²) in [6.07, 6.45) is 0. The van der Waals surface area contributed by atoms with Crippen LogP contribution in [-0.4, -0.2) is 33.3 Å². The minimum atomic E-state index is -0.719. The number of anilines is 1. The van der Waals surface area contributed by atoms with Crippen LogP contribution in [0.4, 0.5) is 5.82 Å². The number of hydrazone groups is 1. The minimum Gasteiger partial charge on any atom is -0.355 e. The fraction of sp³-hybridized carbons (Fsp3) is 0.154. The number of amides is 1. The molecule has 0 saturated carbocycles. The van der Waals surface area contributed by atoms with Crippen molar-refractivity contribution in [3.8, 4) is 0 Å². The van der Waals surface area contributed by atoms with Gasteiger partial charge < -0.3 is 5.32 Å². The lowest BCUT2D eigenvalue weighted by Gasteiger charge is -2.04. The third-order valence-corrected chi connectivity index (χ3v) is 2.67. The molecule has 0 aliphatic heterocycles. The van der Waals surface area contributed by atoms with Crippen LogP contribution in [0.5, 0.6) is 0 Å². The van der Waals surface area contributed by atoms with Gasteiger partial charge in [-0.25, -0.2) is 15.3 Å². The molecule has 1 aromatic carbocycles. The molecule has 0 aliphatic carbocycles. The number of nitrogens with zero attached hydrogens (tertiary/aromatic N) is 2. The van der Waals surface area contributed by atoms with Gasteiger partial charge in [0.15, 0.2) is 0 Å². The molecule has 2 rings (SSSR count). The molecule has 0 spiro atoms. The number of aromatic nitrogens is 3. The Labute approximate surface area is 124 Å². The lowest BCUT2D eigenvalue weighted by molar-refractivity contribution is -0.119. The summed E-state index contributed by atoms with van der Waals surface area (Å²) in [6.45, 7) is 1.55. The van der Waals surface area contributed by atoms with E-state index in [1.807, 2.05) is 35.3 Å². The zero-order valence-corrected chi connectivity index (χ0v) is 11.7. The molecule has 0 fully saturated rings. The van der Waals surface area contributed by atoms with Crippen LogP contribution >= 0.6 is 0 Å². The largest absolute Gasteiger partial charge is 0.355 e. The molecule has 1 amide bonds. The molecular weight excluding hydrogens is 288 g/mol. The summed E-state index contributed by atoms with van der Waals surface area (Å²) in [5.74, 6) is -0.610. The molecule has 0 atom stereocenters. The number of hydrogen-bond donors (Lipinski definition) is 4. The molecule has 9 nitrogen and oxygen atoms in total. The third kappa shape index (κ3) is 4.13. The lowest BCUT2D eigenvalue weighted by atomic mass is 10.1. The Morgan fingerprint density at radius 1 is 1.27 bits per heavy atom. The summed E-state index contributed by atoms with van der Waals surface area (Å²) in [5.41, 5.74) is 2.46. The van der Waals surface area contributed by atoms with Gasteiger partial charge in [-0.05, 0) is 12.5 Å². The summed E-state index contributed by atoms with van der Waals surface area (Å²) >= 11 is 0. The normalized spacial score (nSPS) is 11.0. The molecular formula is C13H14N6O3. The van der Waals surface area contributed by atoms with Crippen LogP contribution in [0.3, 0.4) is 0 Å². The number of rotatable bonds is 5. The zero-order chi connectivity index (χ0) is 15.9. The maximum absolute atomic E-state index is 11.6. The van der Waals surface area contributed by atoms with Crippen molar-refractivity contribution in [3.05, 3.63) is 56.7 Å².